The zero-order valence-electron chi connectivity index (χ0n) is 57.0. The van der Waals surface area contributed by atoms with E-state index in [0.717, 1.165) is 70.8 Å². The van der Waals surface area contributed by atoms with Gasteiger partial charge in [-0.25, -0.2) is 28.3 Å². The lowest BCUT2D eigenvalue weighted by atomic mass is 9.88. The quantitative estimate of drug-likeness (QED) is 0.0487. The van der Waals surface area contributed by atoms with Gasteiger partial charge in [-0.1, -0.05) is 87.2 Å². The van der Waals surface area contributed by atoms with Crippen LogP contribution in [0.5, 0.6) is 11.8 Å². The summed E-state index contributed by atoms with van der Waals surface area (Å²) in [6, 6.07) is 16.7. The molecule has 1 saturated carbocycles. The lowest BCUT2D eigenvalue weighted by molar-refractivity contribution is -0.142. The van der Waals surface area contributed by atoms with Gasteiger partial charge >= 0.3 is 18.2 Å². The molecular weight excluding hydrogens is 1300 g/mol. The summed E-state index contributed by atoms with van der Waals surface area (Å²) in [5.41, 5.74) is 10.00. The molecule has 14 rings (SSSR count). The van der Waals surface area contributed by atoms with Crippen LogP contribution in [0.2, 0.25) is 25.7 Å². The Labute approximate surface area is 578 Å². The van der Waals surface area contributed by atoms with Crippen molar-refractivity contribution in [2.75, 3.05) is 57.4 Å². The Bertz CT molecular complexity index is 4340. The maximum atomic E-state index is 17.1. The van der Waals surface area contributed by atoms with Crippen LogP contribution >= 0.6 is 11.3 Å². The third-order valence-corrected chi connectivity index (χ3v) is 23.2. The number of benzene rings is 4. The number of aromatic nitrogens is 8. The molecule has 4 aromatic heterocycles. The molecule has 522 valence electrons. The number of ether oxygens (including phenoxy) is 4. The molecule has 2 bridgehead atoms. The molecule has 9 heterocycles. The van der Waals surface area contributed by atoms with Gasteiger partial charge < -0.3 is 59.2 Å². The highest BCUT2D eigenvalue weighted by Gasteiger charge is 2.48. The van der Waals surface area contributed by atoms with Gasteiger partial charge in [-0.3, -0.25) is 9.59 Å². The van der Waals surface area contributed by atoms with Crippen LogP contribution in [0.4, 0.5) is 19.8 Å². The molecule has 5 aliphatic heterocycles. The minimum atomic E-state index is -1.43. The summed E-state index contributed by atoms with van der Waals surface area (Å²) in [4.78, 5) is 77.5. The standard InChI is InChI=1S/C72H86FN13O11SSi/c1-40(2)64(69(90)84-35-50(88)29-59(84)68(89)76-57(37-87)46-17-19-47(20-18-46)66-42(4)74-39-98-66)85-36-56(79-80-85)45-13-11-43(12-14-45)38-96-65-62(61-41(3)55(73)31-58-54(61)32-75-86(58)60-10-8-9-25-94-60)52(44-15-16-44)30-53-63(65)77-70(78-67(53)82-33-49-28-48(82)34-83(49)71(91)92)97-51-21-23-81(24-22-51)72(93)95-26-27-99(5,6)7/h11-14,17-20,30-32,36,39-40,44,48-51,57,59-60,64,87-88H,8-10,15-16,21-29,33-35,37-38H2,1-7H3,(H,76,89)(H,91,92)/t48-,49-,50+,57-,59-,60?,64-/m0/s1. The number of hydrogen-bond acceptors (Lipinski definition) is 18. The van der Waals surface area contributed by atoms with Crippen molar-refractivity contribution in [2.24, 2.45) is 5.92 Å². The number of thiazole rings is 1. The molecule has 7 atom stereocenters. The van der Waals surface area contributed by atoms with E-state index in [1.54, 1.807) is 40.5 Å². The minimum Gasteiger partial charge on any atom is -0.486 e. The molecule has 0 spiro atoms. The summed E-state index contributed by atoms with van der Waals surface area (Å²) >= 11 is 1.53. The Morgan fingerprint density at radius 1 is 0.879 bits per heavy atom. The van der Waals surface area contributed by atoms with Gasteiger partial charge in [0.1, 0.15) is 47.6 Å². The molecule has 4 N–H and O–H groups in total. The number of rotatable bonds is 21. The number of nitrogens with one attached hydrogen (secondary N) is 1. The van der Waals surface area contributed by atoms with Gasteiger partial charge in [-0.2, -0.15) is 15.1 Å². The molecule has 1 unspecified atom stereocenters. The fraction of sp³-hybridized carbons (Fsp3) is 0.500. The fourth-order valence-electron chi connectivity index (χ4n) is 14.9. The largest absolute Gasteiger partial charge is 0.486 e. The number of nitrogens with zero attached hydrogens (tertiary/aromatic N) is 12. The first-order valence-electron chi connectivity index (χ1n) is 34.7. The van der Waals surface area contributed by atoms with E-state index in [1.807, 2.05) is 69.3 Å². The minimum absolute atomic E-state index is 0.0154. The Kier molecular flexibility index (Phi) is 19.0. The third-order valence-electron chi connectivity index (χ3n) is 20.5. The number of piperidine rings is 1. The van der Waals surface area contributed by atoms with Crippen LogP contribution in [0.25, 0.3) is 54.6 Å². The molecule has 1 aliphatic carbocycles. The number of halogens is 1. The molecule has 24 nitrogen and oxygen atoms in total. The molecule has 6 fully saturated rings. The molecular formula is C72H86FN13O11SSi. The number of fused-ring (bicyclic) bond motifs is 4. The van der Waals surface area contributed by atoms with E-state index in [2.05, 4.69) is 51.2 Å². The first-order valence-corrected chi connectivity index (χ1v) is 39.3. The molecule has 8 aromatic rings. The first-order chi connectivity index (χ1) is 47.7. The second-order valence-electron chi connectivity index (χ2n) is 29.0. The Morgan fingerprint density at radius 3 is 2.31 bits per heavy atom. The summed E-state index contributed by atoms with van der Waals surface area (Å²) in [5, 5.41) is 50.1. The number of piperazine rings is 1. The van der Waals surface area contributed by atoms with Crippen molar-refractivity contribution in [3.8, 4) is 44.6 Å². The lowest BCUT2D eigenvalue weighted by Crippen LogP contribution is -2.50. The predicted molar refractivity (Wildman–Crippen MR) is 373 cm³/mol. The molecule has 27 heteroatoms. The Morgan fingerprint density at radius 2 is 1.65 bits per heavy atom. The summed E-state index contributed by atoms with van der Waals surface area (Å²) in [7, 11) is -1.43. The van der Waals surface area contributed by atoms with E-state index >= 15 is 4.39 Å². The van der Waals surface area contributed by atoms with Crippen molar-refractivity contribution >= 4 is 71.0 Å². The number of likely N-dealkylation sites (tertiary alicyclic amines) is 3. The highest BCUT2D eigenvalue weighted by atomic mass is 32.1. The summed E-state index contributed by atoms with van der Waals surface area (Å²) in [5.74, 6) is -0.565. The van der Waals surface area contributed by atoms with E-state index in [-0.39, 0.29) is 74.5 Å². The number of carbonyl (C=O) groups is 4. The number of aliphatic hydroxyl groups excluding tert-OH is 2. The van der Waals surface area contributed by atoms with Crippen LogP contribution in [-0.2, 0) is 25.7 Å². The van der Waals surface area contributed by atoms with Crippen LogP contribution in [0.3, 0.4) is 0 Å². The monoisotopic (exact) mass is 1390 g/mol. The molecule has 0 radical (unpaired) electrons. The molecule has 99 heavy (non-hydrogen) atoms. The highest BCUT2D eigenvalue weighted by molar-refractivity contribution is 7.13. The van der Waals surface area contributed by atoms with Gasteiger partial charge in [-0.05, 0) is 104 Å². The van der Waals surface area contributed by atoms with E-state index < -0.39 is 56.0 Å². The van der Waals surface area contributed by atoms with E-state index in [4.69, 9.17) is 34.0 Å². The van der Waals surface area contributed by atoms with Crippen molar-refractivity contribution in [1.82, 2.24) is 59.7 Å². The zero-order valence-corrected chi connectivity index (χ0v) is 58.8. The van der Waals surface area contributed by atoms with E-state index in [9.17, 15) is 34.5 Å². The number of carboxylic acid groups (broad SMARTS) is 1. The SMILES string of the molecule is Cc1ncsc1-c1ccc([C@H](CO)NC(=O)[C@@H]2C[C@@H](O)CN2C(=O)[C@H](C(C)C)n2cc(-c3ccc(COc4c(-c5c(C)c(F)cc6c5cnn6C5CCCCO5)c(C5CC5)cc5c(N6C[C@@H]7C[C@H]6CN7C(=O)O)nc(OC6CCN(C(=O)OCC[Si](C)(C)C)CC6)nc45)cc3)nn2)cc1. The Balaban J connectivity index is 0.777. The summed E-state index contributed by atoms with van der Waals surface area (Å²) in [6.07, 6.45) is 6.51. The normalized spacial score (nSPS) is 21.1. The average Bonchev–Trinajstić information content (AvgIpc) is 1.66. The number of anilines is 1. The van der Waals surface area contributed by atoms with E-state index in [1.165, 1.54) is 25.8 Å². The Hall–Kier alpha value is -8.63. The number of amides is 4. The molecule has 4 amide bonds. The van der Waals surface area contributed by atoms with Crippen molar-refractivity contribution in [3.05, 3.63) is 112 Å². The number of aryl methyl sites for hydroxylation is 1. The van der Waals surface area contributed by atoms with Crippen LogP contribution in [0, 0.1) is 25.6 Å². The lowest BCUT2D eigenvalue weighted by Gasteiger charge is -2.35. The number of aliphatic hydroxyl groups is 2. The van der Waals surface area contributed by atoms with Crippen LogP contribution in [-0.4, -0.2) is 185 Å². The fourth-order valence-corrected chi connectivity index (χ4v) is 16.5. The maximum Gasteiger partial charge on any atom is 0.409 e. The van der Waals surface area contributed by atoms with Crippen LogP contribution in [0.1, 0.15) is 124 Å². The first kappa shape index (κ1) is 67.5. The number of carbonyl (C=O) groups excluding carboxylic acids is 3. The van der Waals surface area contributed by atoms with Gasteiger partial charge in [0.15, 0.2) is 12.0 Å². The van der Waals surface area contributed by atoms with Gasteiger partial charge in [0.05, 0.1) is 71.4 Å². The molecule has 5 saturated heterocycles. The van der Waals surface area contributed by atoms with Crippen molar-refractivity contribution < 1.29 is 57.8 Å². The average molecular weight is 1390 g/mol. The zero-order chi connectivity index (χ0) is 69.1. The number of β-amino-alcohol motifs (C(OH)–C–C–N with tert-alkyl or cyclic N) is 1. The molecule has 4 aromatic carbocycles. The van der Waals surface area contributed by atoms with Crippen LogP contribution in [0.15, 0.2) is 78.6 Å². The summed E-state index contributed by atoms with van der Waals surface area (Å²) < 4.78 is 46.5. The van der Waals surface area contributed by atoms with Crippen molar-refractivity contribution in [3.63, 3.8) is 0 Å². The van der Waals surface area contributed by atoms with Gasteiger partial charge in [0.2, 0.25) is 11.8 Å². The number of hydrogen-bond donors (Lipinski definition) is 4. The second-order valence-corrected chi connectivity index (χ2v) is 35.5. The third kappa shape index (κ3) is 13.8. The van der Waals surface area contributed by atoms with Gasteiger partial charge in [0, 0.05) is 100 Å². The smallest absolute Gasteiger partial charge is 0.409 e. The van der Waals surface area contributed by atoms with Crippen molar-refractivity contribution in [2.45, 2.75) is 172 Å². The highest BCUT2D eigenvalue weighted by Crippen LogP contribution is 2.54. The topological polar surface area (TPSA) is 278 Å². The second kappa shape index (κ2) is 27.8. The van der Waals surface area contributed by atoms with E-state index in [0.29, 0.717) is 120 Å². The maximum absolute atomic E-state index is 17.1. The predicted octanol–water partition coefficient (Wildman–Crippen LogP) is 11.2. The molecule has 6 aliphatic rings. The van der Waals surface area contributed by atoms with Gasteiger partial charge in [0.25, 0.3) is 0 Å². The van der Waals surface area contributed by atoms with Crippen molar-refractivity contribution in [1.29, 1.82) is 0 Å². The summed E-state index contributed by atoms with van der Waals surface area (Å²) in [6.45, 7) is 16.3. The van der Waals surface area contributed by atoms with Gasteiger partial charge in [-0.15, -0.1) is 16.4 Å². The van der Waals surface area contributed by atoms with Crippen LogP contribution < -0.4 is 19.7 Å².